The average molecular weight is 331 g/mol. The van der Waals surface area contributed by atoms with Gasteiger partial charge in [0, 0.05) is 25.2 Å². The fourth-order valence-electron chi connectivity index (χ4n) is 2.02. The molecule has 0 aliphatic rings. The SMILES string of the molecule is CC(=O)Nc1cccc(OCCNc2c(F)cc(C#N)cc2F)c1. The van der Waals surface area contributed by atoms with Gasteiger partial charge in [0.2, 0.25) is 5.91 Å². The van der Waals surface area contributed by atoms with Crippen LogP contribution in [0.5, 0.6) is 5.75 Å². The molecule has 0 unspecified atom stereocenters. The largest absolute Gasteiger partial charge is 0.492 e. The molecule has 2 N–H and O–H groups in total. The number of benzene rings is 2. The lowest BCUT2D eigenvalue weighted by atomic mass is 10.2. The van der Waals surface area contributed by atoms with E-state index >= 15 is 0 Å². The highest BCUT2D eigenvalue weighted by molar-refractivity contribution is 5.88. The van der Waals surface area contributed by atoms with Crippen molar-refractivity contribution >= 4 is 17.3 Å². The topological polar surface area (TPSA) is 74.2 Å². The molecule has 5 nitrogen and oxygen atoms in total. The number of halogens is 2. The molecule has 0 saturated carbocycles. The Labute approximate surface area is 137 Å². The van der Waals surface area contributed by atoms with Gasteiger partial charge in [-0.15, -0.1) is 0 Å². The predicted molar refractivity (Wildman–Crippen MR) is 85.8 cm³/mol. The van der Waals surface area contributed by atoms with Gasteiger partial charge >= 0.3 is 0 Å². The molecule has 2 rings (SSSR count). The first-order chi connectivity index (χ1) is 11.5. The van der Waals surface area contributed by atoms with Gasteiger partial charge in [-0.25, -0.2) is 8.78 Å². The summed E-state index contributed by atoms with van der Waals surface area (Å²) in [5.74, 6) is -1.34. The Hall–Kier alpha value is -3.14. The van der Waals surface area contributed by atoms with E-state index in [1.165, 1.54) is 6.92 Å². The average Bonchev–Trinajstić information content (AvgIpc) is 2.53. The number of hydrogen-bond donors (Lipinski definition) is 2. The number of nitrogens with one attached hydrogen (secondary N) is 2. The van der Waals surface area contributed by atoms with Crippen LogP contribution in [0.2, 0.25) is 0 Å². The van der Waals surface area contributed by atoms with Gasteiger partial charge in [0.05, 0.1) is 11.6 Å². The zero-order chi connectivity index (χ0) is 17.5. The van der Waals surface area contributed by atoms with Crippen LogP contribution in [0, 0.1) is 23.0 Å². The number of ether oxygens (including phenoxy) is 1. The number of amides is 1. The van der Waals surface area contributed by atoms with Crippen LogP contribution in [0.15, 0.2) is 36.4 Å². The molecule has 2 aromatic rings. The van der Waals surface area contributed by atoms with Gasteiger partial charge in [-0.3, -0.25) is 4.79 Å². The second-order valence-corrected chi connectivity index (χ2v) is 4.91. The van der Waals surface area contributed by atoms with Crippen molar-refractivity contribution in [1.82, 2.24) is 0 Å². The minimum atomic E-state index is -0.834. The summed E-state index contributed by atoms with van der Waals surface area (Å²) in [6, 6.07) is 10.4. The number of carbonyl (C=O) groups is 1. The Morgan fingerprint density at radius 1 is 1.25 bits per heavy atom. The van der Waals surface area contributed by atoms with Crippen molar-refractivity contribution in [1.29, 1.82) is 5.26 Å². The van der Waals surface area contributed by atoms with Crippen molar-refractivity contribution < 1.29 is 18.3 Å². The highest BCUT2D eigenvalue weighted by atomic mass is 19.1. The fourth-order valence-corrected chi connectivity index (χ4v) is 2.02. The summed E-state index contributed by atoms with van der Waals surface area (Å²) in [4.78, 5) is 11.0. The normalized spacial score (nSPS) is 9.92. The molecule has 0 spiro atoms. The van der Waals surface area contributed by atoms with Gasteiger partial charge in [0.1, 0.15) is 18.0 Å². The lowest BCUT2D eigenvalue weighted by Gasteiger charge is -2.11. The molecular weight excluding hydrogens is 316 g/mol. The molecule has 0 saturated heterocycles. The van der Waals surface area contributed by atoms with E-state index in [2.05, 4.69) is 10.6 Å². The third kappa shape index (κ3) is 4.68. The Morgan fingerprint density at radius 2 is 1.96 bits per heavy atom. The number of rotatable bonds is 6. The van der Waals surface area contributed by atoms with E-state index in [1.54, 1.807) is 30.3 Å². The third-order valence-corrected chi connectivity index (χ3v) is 3.00. The van der Waals surface area contributed by atoms with E-state index in [9.17, 15) is 13.6 Å². The Balaban J connectivity index is 1.90. The van der Waals surface area contributed by atoms with E-state index < -0.39 is 11.6 Å². The van der Waals surface area contributed by atoms with Gasteiger partial charge in [-0.1, -0.05) is 6.07 Å². The summed E-state index contributed by atoms with van der Waals surface area (Å²) in [5, 5.41) is 13.9. The Bertz CT molecular complexity index is 765. The molecule has 2 aromatic carbocycles. The maximum atomic E-state index is 13.7. The molecule has 0 aliphatic heterocycles. The van der Waals surface area contributed by atoms with Crippen LogP contribution in [-0.4, -0.2) is 19.1 Å². The summed E-state index contributed by atoms with van der Waals surface area (Å²) in [6.45, 7) is 1.71. The monoisotopic (exact) mass is 331 g/mol. The van der Waals surface area contributed by atoms with E-state index in [0.717, 1.165) is 12.1 Å². The summed E-state index contributed by atoms with van der Waals surface area (Å²) >= 11 is 0. The molecule has 0 aromatic heterocycles. The van der Waals surface area contributed by atoms with Crippen LogP contribution in [0.4, 0.5) is 20.2 Å². The van der Waals surface area contributed by atoms with Gasteiger partial charge < -0.3 is 15.4 Å². The van der Waals surface area contributed by atoms with Crippen molar-refractivity contribution in [3.05, 3.63) is 53.6 Å². The fraction of sp³-hybridized carbons (Fsp3) is 0.176. The van der Waals surface area contributed by atoms with Gasteiger partial charge in [-0.05, 0) is 24.3 Å². The minimum absolute atomic E-state index is 0.0819. The van der Waals surface area contributed by atoms with Crippen molar-refractivity contribution in [3.63, 3.8) is 0 Å². The first-order valence-corrected chi connectivity index (χ1v) is 7.13. The molecule has 0 radical (unpaired) electrons. The number of anilines is 2. The van der Waals surface area contributed by atoms with E-state index in [-0.39, 0.29) is 30.3 Å². The molecular formula is C17H15F2N3O2. The molecule has 24 heavy (non-hydrogen) atoms. The molecule has 0 heterocycles. The zero-order valence-corrected chi connectivity index (χ0v) is 12.9. The molecule has 0 aliphatic carbocycles. The van der Waals surface area contributed by atoms with E-state index in [4.69, 9.17) is 10.00 Å². The summed E-state index contributed by atoms with van der Waals surface area (Å²) in [5.41, 5.74) is 0.211. The van der Waals surface area contributed by atoms with E-state index in [0.29, 0.717) is 11.4 Å². The molecule has 0 bridgehead atoms. The van der Waals surface area contributed by atoms with Crippen molar-refractivity contribution in [2.45, 2.75) is 6.92 Å². The first kappa shape index (κ1) is 17.2. The number of hydrogen-bond acceptors (Lipinski definition) is 4. The van der Waals surface area contributed by atoms with Gasteiger partial charge in [0.15, 0.2) is 11.6 Å². The second-order valence-electron chi connectivity index (χ2n) is 4.91. The molecule has 0 fully saturated rings. The highest BCUT2D eigenvalue weighted by Crippen LogP contribution is 2.21. The standard InChI is InChI=1S/C17H15F2N3O2/c1-11(23)22-13-3-2-4-14(9-13)24-6-5-21-17-15(18)7-12(10-20)8-16(17)19/h2-4,7-9,21H,5-6H2,1H3,(H,22,23). The summed E-state index contributed by atoms with van der Waals surface area (Å²) < 4.78 is 32.8. The summed E-state index contributed by atoms with van der Waals surface area (Å²) in [7, 11) is 0. The second kappa shape index (κ2) is 7.92. The highest BCUT2D eigenvalue weighted by Gasteiger charge is 2.10. The van der Waals surface area contributed by atoms with Crippen molar-refractivity contribution in [3.8, 4) is 11.8 Å². The van der Waals surface area contributed by atoms with Gasteiger partial charge in [-0.2, -0.15) is 5.26 Å². The Morgan fingerprint density at radius 3 is 2.58 bits per heavy atom. The van der Waals surface area contributed by atoms with Crippen LogP contribution < -0.4 is 15.4 Å². The molecule has 7 heteroatoms. The third-order valence-electron chi connectivity index (χ3n) is 3.00. The van der Waals surface area contributed by atoms with Crippen molar-refractivity contribution in [2.75, 3.05) is 23.8 Å². The number of carbonyl (C=O) groups excluding carboxylic acids is 1. The lowest BCUT2D eigenvalue weighted by Crippen LogP contribution is -2.14. The van der Waals surface area contributed by atoms with Crippen LogP contribution in [0.25, 0.3) is 0 Å². The predicted octanol–water partition coefficient (Wildman–Crippen LogP) is 3.29. The quantitative estimate of drug-likeness (QED) is 0.797. The van der Waals surface area contributed by atoms with Crippen LogP contribution in [0.1, 0.15) is 12.5 Å². The molecule has 1 amide bonds. The molecule has 0 atom stereocenters. The van der Waals surface area contributed by atoms with Crippen LogP contribution in [0.3, 0.4) is 0 Å². The van der Waals surface area contributed by atoms with Crippen LogP contribution in [-0.2, 0) is 4.79 Å². The minimum Gasteiger partial charge on any atom is -0.492 e. The van der Waals surface area contributed by atoms with Gasteiger partial charge in [0.25, 0.3) is 0 Å². The van der Waals surface area contributed by atoms with E-state index in [1.807, 2.05) is 0 Å². The lowest BCUT2D eigenvalue weighted by molar-refractivity contribution is -0.114. The maximum absolute atomic E-state index is 13.7. The Kier molecular flexibility index (Phi) is 5.68. The smallest absolute Gasteiger partial charge is 0.221 e. The zero-order valence-electron chi connectivity index (χ0n) is 12.9. The van der Waals surface area contributed by atoms with Crippen LogP contribution >= 0.6 is 0 Å². The number of nitrogens with zero attached hydrogens (tertiary/aromatic N) is 1. The number of nitriles is 1. The molecule has 124 valence electrons. The maximum Gasteiger partial charge on any atom is 0.221 e. The van der Waals surface area contributed by atoms with Crippen molar-refractivity contribution in [2.24, 2.45) is 0 Å². The first-order valence-electron chi connectivity index (χ1n) is 7.13. The summed E-state index contributed by atoms with van der Waals surface area (Å²) in [6.07, 6.45) is 0.